The number of nitrogens with zero attached hydrogens (tertiary/aromatic N) is 1. The van der Waals surface area contributed by atoms with Crippen molar-refractivity contribution < 1.29 is 4.74 Å². The lowest BCUT2D eigenvalue weighted by Crippen LogP contribution is -2.19. The summed E-state index contributed by atoms with van der Waals surface area (Å²) in [6.07, 6.45) is 1.79. The summed E-state index contributed by atoms with van der Waals surface area (Å²) in [5.74, 6) is 0.803. The Morgan fingerprint density at radius 3 is 2.50 bits per heavy atom. The highest BCUT2D eigenvalue weighted by Crippen LogP contribution is 2.27. The molecule has 94 valence electrons. The zero-order valence-corrected chi connectivity index (χ0v) is 11.0. The summed E-state index contributed by atoms with van der Waals surface area (Å²) in [4.78, 5) is 4.43. The summed E-state index contributed by atoms with van der Waals surface area (Å²) in [6.45, 7) is 2.08. The molecule has 1 N–H and O–H groups in total. The first kappa shape index (κ1) is 12.6. The van der Waals surface area contributed by atoms with E-state index in [0.29, 0.717) is 0 Å². The van der Waals surface area contributed by atoms with Crippen molar-refractivity contribution in [2.24, 2.45) is 0 Å². The van der Waals surface area contributed by atoms with Gasteiger partial charge in [0.2, 0.25) is 0 Å². The molecule has 0 fully saturated rings. The van der Waals surface area contributed by atoms with Gasteiger partial charge in [0, 0.05) is 6.20 Å². The van der Waals surface area contributed by atoms with Crippen molar-refractivity contribution in [3.05, 3.63) is 59.4 Å². The second-order valence-corrected chi connectivity index (χ2v) is 4.22. The van der Waals surface area contributed by atoms with Crippen LogP contribution in [0, 0.1) is 6.92 Å². The summed E-state index contributed by atoms with van der Waals surface area (Å²) in [6, 6.07) is 12.3. The second kappa shape index (κ2) is 5.65. The molecule has 0 aliphatic rings. The Balaban J connectivity index is 2.41. The van der Waals surface area contributed by atoms with Crippen LogP contribution in [0.4, 0.5) is 0 Å². The third kappa shape index (κ3) is 2.51. The van der Waals surface area contributed by atoms with Crippen molar-refractivity contribution >= 4 is 0 Å². The van der Waals surface area contributed by atoms with E-state index >= 15 is 0 Å². The van der Waals surface area contributed by atoms with Gasteiger partial charge in [-0.15, -0.1) is 0 Å². The molecule has 0 spiro atoms. The van der Waals surface area contributed by atoms with Crippen LogP contribution < -0.4 is 10.1 Å². The number of hydrogen-bond acceptors (Lipinski definition) is 3. The molecular formula is C15H18N2O. The lowest BCUT2D eigenvalue weighted by molar-refractivity contribution is 0.401. The van der Waals surface area contributed by atoms with Crippen LogP contribution in [0.25, 0.3) is 0 Å². The van der Waals surface area contributed by atoms with Crippen LogP contribution in [-0.2, 0) is 0 Å². The molecule has 1 aromatic carbocycles. The smallest absolute Gasteiger partial charge is 0.142 e. The van der Waals surface area contributed by atoms with E-state index < -0.39 is 0 Å². The Kier molecular flexibility index (Phi) is 3.95. The average Bonchev–Trinajstić information content (AvgIpc) is 2.42. The molecule has 1 heterocycles. The highest BCUT2D eigenvalue weighted by Gasteiger charge is 2.17. The Bertz CT molecular complexity index is 508. The van der Waals surface area contributed by atoms with Gasteiger partial charge in [-0.3, -0.25) is 4.98 Å². The molecule has 1 atom stereocenters. The number of nitrogens with one attached hydrogen (secondary N) is 1. The number of methoxy groups -OCH3 is 1. The molecule has 1 unspecified atom stereocenters. The summed E-state index contributed by atoms with van der Waals surface area (Å²) >= 11 is 0. The molecule has 0 aliphatic carbocycles. The summed E-state index contributed by atoms with van der Waals surface area (Å²) in [7, 11) is 3.60. The van der Waals surface area contributed by atoms with Gasteiger partial charge in [-0.25, -0.2) is 0 Å². The molecule has 18 heavy (non-hydrogen) atoms. The molecule has 0 saturated carbocycles. The van der Waals surface area contributed by atoms with Gasteiger partial charge in [0.1, 0.15) is 11.4 Å². The van der Waals surface area contributed by atoms with Crippen LogP contribution in [-0.4, -0.2) is 19.1 Å². The number of pyridine rings is 1. The standard InChI is InChI=1S/C15H18N2O/c1-11-6-8-12(9-7-11)14(16-2)15-13(18-3)5-4-10-17-15/h4-10,14,16H,1-3H3. The molecule has 0 radical (unpaired) electrons. The van der Waals surface area contributed by atoms with Crippen LogP contribution >= 0.6 is 0 Å². The predicted octanol–water partition coefficient (Wildman–Crippen LogP) is 2.71. The van der Waals surface area contributed by atoms with Crippen molar-refractivity contribution in [2.75, 3.05) is 14.2 Å². The van der Waals surface area contributed by atoms with E-state index in [1.165, 1.54) is 11.1 Å². The largest absolute Gasteiger partial charge is 0.495 e. The lowest BCUT2D eigenvalue weighted by atomic mass is 10.0. The van der Waals surface area contributed by atoms with Crippen molar-refractivity contribution in [3.8, 4) is 5.75 Å². The first-order valence-corrected chi connectivity index (χ1v) is 5.99. The van der Waals surface area contributed by atoms with E-state index in [2.05, 4.69) is 41.5 Å². The number of aromatic nitrogens is 1. The summed E-state index contributed by atoms with van der Waals surface area (Å²) in [5.41, 5.74) is 3.34. The minimum atomic E-state index is 0.0433. The quantitative estimate of drug-likeness (QED) is 0.895. The topological polar surface area (TPSA) is 34.2 Å². The number of benzene rings is 1. The molecule has 0 saturated heterocycles. The van der Waals surface area contributed by atoms with Crippen LogP contribution in [0.2, 0.25) is 0 Å². The molecular weight excluding hydrogens is 224 g/mol. The van der Waals surface area contributed by atoms with Crippen LogP contribution in [0.1, 0.15) is 22.9 Å². The maximum atomic E-state index is 5.37. The number of rotatable bonds is 4. The normalized spacial score (nSPS) is 12.2. The van der Waals surface area contributed by atoms with Gasteiger partial charge in [-0.2, -0.15) is 0 Å². The van der Waals surface area contributed by atoms with Gasteiger partial charge in [0.25, 0.3) is 0 Å². The fourth-order valence-corrected chi connectivity index (χ4v) is 2.01. The van der Waals surface area contributed by atoms with E-state index in [0.717, 1.165) is 11.4 Å². The van der Waals surface area contributed by atoms with Crippen LogP contribution in [0.3, 0.4) is 0 Å². The third-order valence-electron chi connectivity index (χ3n) is 2.99. The van der Waals surface area contributed by atoms with Crippen LogP contribution in [0.15, 0.2) is 42.6 Å². The summed E-state index contributed by atoms with van der Waals surface area (Å²) in [5, 5.41) is 3.29. The van der Waals surface area contributed by atoms with Crippen molar-refractivity contribution in [1.82, 2.24) is 10.3 Å². The first-order valence-electron chi connectivity index (χ1n) is 5.99. The van der Waals surface area contributed by atoms with Gasteiger partial charge in [-0.05, 0) is 31.7 Å². The maximum Gasteiger partial charge on any atom is 0.142 e. The van der Waals surface area contributed by atoms with E-state index in [-0.39, 0.29) is 6.04 Å². The number of hydrogen-bond donors (Lipinski definition) is 1. The zero-order valence-electron chi connectivity index (χ0n) is 11.0. The maximum absolute atomic E-state index is 5.37. The lowest BCUT2D eigenvalue weighted by Gasteiger charge is -2.18. The number of aryl methyl sites for hydroxylation is 1. The molecule has 0 aliphatic heterocycles. The van der Waals surface area contributed by atoms with E-state index in [1.807, 2.05) is 19.2 Å². The second-order valence-electron chi connectivity index (χ2n) is 4.22. The first-order chi connectivity index (χ1) is 8.76. The van der Waals surface area contributed by atoms with Crippen LogP contribution in [0.5, 0.6) is 5.75 Å². The fraction of sp³-hybridized carbons (Fsp3) is 0.267. The van der Waals surface area contributed by atoms with Gasteiger partial charge in [0.15, 0.2) is 0 Å². The third-order valence-corrected chi connectivity index (χ3v) is 2.99. The molecule has 3 nitrogen and oxygen atoms in total. The average molecular weight is 242 g/mol. The highest BCUT2D eigenvalue weighted by atomic mass is 16.5. The molecule has 0 bridgehead atoms. The van der Waals surface area contributed by atoms with Crippen molar-refractivity contribution in [1.29, 1.82) is 0 Å². The highest BCUT2D eigenvalue weighted by molar-refractivity contribution is 5.37. The predicted molar refractivity (Wildman–Crippen MR) is 72.9 cm³/mol. The van der Waals surface area contributed by atoms with E-state index in [9.17, 15) is 0 Å². The Labute approximate surface area is 108 Å². The van der Waals surface area contributed by atoms with Gasteiger partial charge in [0.05, 0.1) is 13.2 Å². The Hall–Kier alpha value is -1.87. The number of ether oxygens (including phenoxy) is 1. The van der Waals surface area contributed by atoms with Gasteiger partial charge >= 0.3 is 0 Å². The summed E-state index contributed by atoms with van der Waals surface area (Å²) < 4.78 is 5.37. The van der Waals surface area contributed by atoms with E-state index in [1.54, 1.807) is 13.3 Å². The minimum absolute atomic E-state index is 0.0433. The van der Waals surface area contributed by atoms with Gasteiger partial charge < -0.3 is 10.1 Å². The fourth-order valence-electron chi connectivity index (χ4n) is 2.01. The van der Waals surface area contributed by atoms with Gasteiger partial charge in [-0.1, -0.05) is 29.8 Å². The zero-order chi connectivity index (χ0) is 13.0. The Morgan fingerprint density at radius 2 is 1.89 bits per heavy atom. The molecule has 3 heteroatoms. The van der Waals surface area contributed by atoms with E-state index in [4.69, 9.17) is 4.74 Å². The molecule has 0 amide bonds. The SMILES string of the molecule is CNC(c1ccc(C)cc1)c1ncccc1OC. The molecule has 2 rings (SSSR count). The molecule has 1 aromatic heterocycles. The monoisotopic (exact) mass is 242 g/mol. The minimum Gasteiger partial charge on any atom is -0.495 e. The van der Waals surface area contributed by atoms with Crippen molar-refractivity contribution in [3.63, 3.8) is 0 Å². The molecule has 2 aromatic rings. The van der Waals surface area contributed by atoms with Crippen molar-refractivity contribution in [2.45, 2.75) is 13.0 Å². The Morgan fingerprint density at radius 1 is 1.17 bits per heavy atom.